The SMILES string of the molecule is NCC(OCC1CCCCC1)C(=O)O. The van der Waals surface area contributed by atoms with E-state index >= 15 is 0 Å². The second kappa shape index (κ2) is 5.98. The smallest absolute Gasteiger partial charge is 0.334 e. The third-order valence-corrected chi connectivity index (χ3v) is 2.75. The fourth-order valence-corrected chi connectivity index (χ4v) is 1.85. The summed E-state index contributed by atoms with van der Waals surface area (Å²) in [6.45, 7) is 0.607. The molecule has 0 bridgehead atoms. The standard InChI is InChI=1S/C10H19NO3/c11-6-9(10(12)13)14-7-8-4-2-1-3-5-8/h8-9H,1-7,11H2,(H,12,13). The molecule has 1 aliphatic carbocycles. The van der Waals surface area contributed by atoms with Gasteiger partial charge in [0, 0.05) is 6.54 Å². The third-order valence-electron chi connectivity index (χ3n) is 2.75. The van der Waals surface area contributed by atoms with Crippen LogP contribution in [0.5, 0.6) is 0 Å². The summed E-state index contributed by atoms with van der Waals surface area (Å²) in [5.74, 6) is -0.416. The summed E-state index contributed by atoms with van der Waals surface area (Å²) in [4.78, 5) is 10.6. The first-order chi connectivity index (χ1) is 6.74. The molecule has 0 radical (unpaired) electrons. The molecule has 14 heavy (non-hydrogen) atoms. The molecule has 4 heteroatoms. The van der Waals surface area contributed by atoms with Crippen molar-refractivity contribution in [3.05, 3.63) is 0 Å². The van der Waals surface area contributed by atoms with Crippen LogP contribution in [0.15, 0.2) is 0 Å². The van der Waals surface area contributed by atoms with Crippen LogP contribution in [0.25, 0.3) is 0 Å². The predicted molar refractivity (Wildman–Crippen MR) is 53.0 cm³/mol. The summed E-state index contributed by atoms with van der Waals surface area (Å²) in [5, 5.41) is 8.70. The Morgan fingerprint density at radius 2 is 2.07 bits per heavy atom. The Morgan fingerprint density at radius 3 is 2.57 bits per heavy atom. The van der Waals surface area contributed by atoms with E-state index in [4.69, 9.17) is 15.6 Å². The van der Waals surface area contributed by atoms with Crippen molar-refractivity contribution >= 4 is 5.97 Å². The molecular weight excluding hydrogens is 182 g/mol. The normalized spacial score (nSPS) is 20.6. The molecule has 1 aliphatic rings. The lowest BCUT2D eigenvalue weighted by Crippen LogP contribution is -2.33. The van der Waals surface area contributed by atoms with Crippen molar-refractivity contribution in [1.82, 2.24) is 0 Å². The Morgan fingerprint density at radius 1 is 1.43 bits per heavy atom. The second-order valence-corrected chi connectivity index (χ2v) is 3.90. The molecule has 1 saturated carbocycles. The van der Waals surface area contributed by atoms with Gasteiger partial charge in [-0.3, -0.25) is 0 Å². The van der Waals surface area contributed by atoms with Crippen LogP contribution in [0.3, 0.4) is 0 Å². The first-order valence-corrected chi connectivity index (χ1v) is 5.28. The van der Waals surface area contributed by atoms with Gasteiger partial charge in [0.15, 0.2) is 6.10 Å². The average molecular weight is 201 g/mol. The van der Waals surface area contributed by atoms with Gasteiger partial charge in [-0.15, -0.1) is 0 Å². The van der Waals surface area contributed by atoms with E-state index in [1.807, 2.05) is 0 Å². The molecule has 0 amide bonds. The summed E-state index contributed by atoms with van der Waals surface area (Å²) in [6, 6.07) is 0. The molecule has 1 unspecified atom stereocenters. The minimum absolute atomic E-state index is 0.0576. The zero-order valence-electron chi connectivity index (χ0n) is 8.45. The highest BCUT2D eigenvalue weighted by Gasteiger charge is 2.19. The number of nitrogens with two attached hydrogens (primary N) is 1. The molecule has 0 aromatic heterocycles. The van der Waals surface area contributed by atoms with Crippen LogP contribution in [0.4, 0.5) is 0 Å². The maximum atomic E-state index is 10.6. The third kappa shape index (κ3) is 3.64. The van der Waals surface area contributed by atoms with Crippen LogP contribution in [-0.2, 0) is 9.53 Å². The van der Waals surface area contributed by atoms with Crippen molar-refractivity contribution < 1.29 is 14.6 Å². The van der Waals surface area contributed by atoms with Crippen molar-refractivity contribution in [2.24, 2.45) is 11.7 Å². The minimum atomic E-state index is -0.955. The number of carboxylic acid groups (broad SMARTS) is 1. The van der Waals surface area contributed by atoms with Crippen LogP contribution < -0.4 is 5.73 Å². The van der Waals surface area contributed by atoms with Crippen LogP contribution in [0.2, 0.25) is 0 Å². The van der Waals surface area contributed by atoms with Crippen molar-refractivity contribution in [3.8, 4) is 0 Å². The molecule has 0 heterocycles. The monoisotopic (exact) mass is 201 g/mol. The zero-order chi connectivity index (χ0) is 10.4. The first kappa shape index (κ1) is 11.5. The van der Waals surface area contributed by atoms with Crippen LogP contribution in [0, 0.1) is 5.92 Å². The largest absolute Gasteiger partial charge is 0.479 e. The van der Waals surface area contributed by atoms with E-state index in [1.165, 1.54) is 19.3 Å². The molecule has 0 aliphatic heterocycles. The van der Waals surface area contributed by atoms with Crippen molar-refractivity contribution in [2.45, 2.75) is 38.2 Å². The summed E-state index contributed by atoms with van der Waals surface area (Å²) < 4.78 is 5.27. The maximum Gasteiger partial charge on any atom is 0.334 e. The number of hydrogen-bond acceptors (Lipinski definition) is 3. The summed E-state index contributed by atoms with van der Waals surface area (Å²) >= 11 is 0. The topological polar surface area (TPSA) is 72.5 Å². The zero-order valence-corrected chi connectivity index (χ0v) is 8.45. The van der Waals surface area contributed by atoms with Gasteiger partial charge in [0.2, 0.25) is 0 Å². The Labute approximate surface area is 84.4 Å². The van der Waals surface area contributed by atoms with Crippen molar-refractivity contribution in [3.63, 3.8) is 0 Å². The number of carboxylic acids is 1. The Kier molecular flexibility index (Phi) is 4.90. The number of aliphatic carboxylic acids is 1. The average Bonchev–Trinajstić information content (AvgIpc) is 2.20. The lowest BCUT2D eigenvalue weighted by atomic mass is 9.90. The van der Waals surface area contributed by atoms with E-state index in [1.54, 1.807) is 0 Å². The minimum Gasteiger partial charge on any atom is -0.479 e. The number of hydrogen-bond donors (Lipinski definition) is 2. The lowest BCUT2D eigenvalue weighted by Gasteiger charge is -2.22. The molecule has 1 atom stereocenters. The molecular formula is C10H19NO3. The Balaban J connectivity index is 2.20. The van der Waals surface area contributed by atoms with Gasteiger partial charge in [0.1, 0.15) is 0 Å². The molecule has 0 aromatic carbocycles. The van der Waals surface area contributed by atoms with Gasteiger partial charge in [0.05, 0.1) is 6.61 Å². The van der Waals surface area contributed by atoms with Crippen molar-refractivity contribution in [2.75, 3.05) is 13.2 Å². The van der Waals surface area contributed by atoms with Gasteiger partial charge < -0.3 is 15.6 Å². The molecule has 0 aromatic rings. The molecule has 1 fully saturated rings. The van der Waals surface area contributed by atoms with E-state index in [-0.39, 0.29) is 6.54 Å². The fourth-order valence-electron chi connectivity index (χ4n) is 1.85. The van der Waals surface area contributed by atoms with Gasteiger partial charge >= 0.3 is 5.97 Å². The molecule has 4 nitrogen and oxygen atoms in total. The highest BCUT2D eigenvalue weighted by Crippen LogP contribution is 2.23. The molecule has 3 N–H and O–H groups in total. The van der Waals surface area contributed by atoms with Gasteiger partial charge in [-0.1, -0.05) is 19.3 Å². The number of carbonyl (C=O) groups is 1. The van der Waals surface area contributed by atoms with E-state index < -0.39 is 12.1 Å². The van der Waals surface area contributed by atoms with E-state index in [9.17, 15) is 4.79 Å². The summed E-state index contributed by atoms with van der Waals surface area (Å²) in [6.07, 6.45) is 5.30. The molecule has 82 valence electrons. The summed E-state index contributed by atoms with van der Waals surface area (Å²) in [5.41, 5.74) is 5.28. The fraction of sp³-hybridized carbons (Fsp3) is 0.900. The molecule has 1 rings (SSSR count). The highest BCUT2D eigenvalue weighted by atomic mass is 16.5. The number of rotatable bonds is 5. The van der Waals surface area contributed by atoms with Gasteiger partial charge in [-0.05, 0) is 18.8 Å². The van der Waals surface area contributed by atoms with Crippen molar-refractivity contribution in [1.29, 1.82) is 0 Å². The second-order valence-electron chi connectivity index (χ2n) is 3.90. The highest BCUT2D eigenvalue weighted by molar-refractivity contribution is 5.72. The summed E-state index contributed by atoms with van der Waals surface area (Å²) in [7, 11) is 0. The number of ether oxygens (including phenoxy) is 1. The Bertz CT molecular complexity index is 178. The van der Waals surface area contributed by atoms with Gasteiger partial charge in [-0.25, -0.2) is 4.79 Å². The molecule has 0 saturated heterocycles. The van der Waals surface area contributed by atoms with Crippen LogP contribution in [-0.4, -0.2) is 30.3 Å². The van der Waals surface area contributed by atoms with Gasteiger partial charge in [-0.2, -0.15) is 0 Å². The van der Waals surface area contributed by atoms with E-state index in [0.29, 0.717) is 12.5 Å². The van der Waals surface area contributed by atoms with E-state index in [2.05, 4.69) is 0 Å². The predicted octanol–water partition coefficient (Wildman–Crippen LogP) is 0.995. The first-order valence-electron chi connectivity index (χ1n) is 5.28. The van der Waals surface area contributed by atoms with Crippen LogP contribution in [0.1, 0.15) is 32.1 Å². The lowest BCUT2D eigenvalue weighted by molar-refractivity contribution is -0.150. The molecule has 0 spiro atoms. The van der Waals surface area contributed by atoms with E-state index in [0.717, 1.165) is 12.8 Å². The van der Waals surface area contributed by atoms with Gasteiger partial charge in [0.25, 0.3) is 0 Å². The quantitative estimate of drug-likeness (QED) is 0.696. The van der Waals surface area contributed by atoms with Crippen LogP contribution >= 0.6 is 0 Å². The Hall–Kier alpha value is -0.610. The maximum absolute atomic E-state index is 10.6.